The number of carbonyl (C=O) groups excluding carboxylic acids is 1. The molecule has 0 aliphatic carbocycles. The van der Waals surface area contributed by atoms with Gasteiger partial charge in [-0.2, -0.15) is 0 Å². The fraction of sp³-hybridized carbons (Fsp3) is 0.235. The minimum absolute atomic E-state index is 0.157. The van der Waals surface area contributed by atoms with Crippen molar-refractivity contribution in [1.82, 2.24) is 10.1 Å². The second-order valence-corrected chi connectivity index (χ2v) is 8.25. The Morgan fingerprint density at radius 3 is 2.77 bits per heavy atom. The Bertz CT molecular complexity index is 937. The smallest absolute Gasteiger partial charge is 0.241 e. The number of nitrogens with one attached hydrogen (secondary N) is 1. The lowest BCUT2D eigenvalue weighted by Gasteiger charge is -2.09. The van der Waals surface area contributed by atoms with E-state index in [0.29, 0.717) is 22.3 Å². The normalized spacial score (nSPS) is 13.3. The topological polar surface area (TPSA) is 85.1 Å². The third kappa shape index (κ3) is 4.41. The van der Waals surface area contributed by atoms with Gasteiger partial charge in [0.25, 0.3) is 0 Å². The highest BCUT2D eigenvalue weighted by Crippen LogP contribution is 2.24. The van der Waals surface area contributed by atoms with Crippen LogP contribution in [0.3, 0.4) is 0 Å². The molecule has 0 radical (unpaired) electrons. The molecule has 0 unspecified atom stereocenters. The van der Waals surface area contributed by atoms with Gasteiger partial charge in [0.15, 0.2) is 5.82 Å². The molecular formula is C17H16FN3O3S2. The Balaban J connectivity index is 1.62. The summed E-state index contributed by atoms with van der Waals surface area (Å²) in [5, 5.41) is 8.03. The fourth-order valence-electron chi connectivity index (χ4n) is 2.14. The largest absolute Gasteiger partial charge is 0.360 e. The minimum atomic E-state index is -1.45. The number of halogens is 1. The van der Waals surface area contributed by atoms with Gasteiger partial charge in [-0.05, 0) is 38.1 Å². The molecule has 0 aliphatic heterocycles. The van der Waals surface area contributed by atoms with E-state index in [4.69, 9.17) is 4.52 Å². The Labute approximate surface area is 155 Å². The Hall–Kier alpha value is -2.39. The van der Waals surface area contributed by atoms with Crippen molar-refractivity contribution in [3.05, 3.63) is 53.0 Å². The van der Waals surface area contributed by atoms with Crippen LogP contribution in [0.4, 0.5) is 10.2 Å². The number of hydrogen-bond donors (Lipinski definition) is 1. The molecule has 0 spiro atoms. The number of aryl methyl sites for hydroxylation is 1. The average molecular weight is 393 g/mol. The summed E-state index contributed by atoms with van der Waals surface area (Å²) >= 11 is 1.39. The number of carbonyl (C=O) groups is 1. The molecule has 1 amide bonds. The summed E-state index contributed by atoms with van der Waals surface area (Å²) in [5.74, 6) is 0.317. The van der Waals surface area contributed by atoms with Crippen LogP contribution in [0.1, 0.15) is 18.4 Å². The van der Waals surface area contributed by atoms with Crippen LogP contribution in [-0.4, -0.2) is 25.5 Å². The van der Waals surface area contributed by atoms with E-state index in [1.54, 1.807) is 37.4 Å². The monoisotopic (exact) mass is 393 g/mol. The van der Waals surface area contributed by atoms with Crippen LogP contribution in [0.15, 0.2) is 40.2 Å². The summed E-state index contributed by atoms with van der Waals surface area (Å²) < 4.78 is 30.3. The van der Waals surface area contributed by atoms with Gasteiger partial charge in [-0.1, -0.05) is 5.16 Å². The minimum Gasteiger partial charge on any atom is -0.360 e. The zero-order chi connectivity index (χ0) is 18.7. The van der Waals surface area contributed by atoms with Crippen LogP contribution < -0.4 is 5.32 Å². The fourth-order valence-corrected chi connectivity index (χ4v) is 4.06. The highest BCUT2D eigenvalue weighted by molar-refractivity contribution is 7.85. The summed E-state index contributed by atoms with van der Waals surface area (Å²) in [7, 11) is -1.45. The van der Waals surface area contributed by atoms with Crippen molar-refractivity contribution in [3.63, 3.8) is 0 Å². The lowest BCUT2D eigenvalue weighted by atomic mass is 10.2. The lowest BCUT2D eigenvalue weighted by molar-refractivity contribution is -0.115. The summed E-state index contributed by atoms with van der Waals surface area (Å²) in [6.45, 7) is 3.30. The zero-order valence-electron chi connectivity index (χ0n) is 14.1. The van der Waals surface area contributed by atoms with E-state index in [2.05, 4.69) is 15.5 Å². The first-order valence-electron chi connectivity index (χ1n) is 7.74. The van der Waals surface area contributed by atoms with Gasteiger partial charge in [-0.15, -0.1) is 11.3 Å². The van der Waals surface area contributed by atoms with Gasteiger partial charge in [-0.3, -0.25) is 9.00 Å². The van der Waals surface area contributed by atoms with E-state index in [9.17, 15) is 13.4 Å². The molecule has 0 fully saturated rings. The molecule has 2 heterocycles. The van der Waals surface area contributed by atoms with Gasteiger partial charge >= 0.3 is 0 Å². The number of hydrogen-bond acceptors (Lipinski definition) is 6. The van der Waals surface area contributed by atoms with Crippen LogP contribution in [0.5, 0.6) is 0 Å². The molecule has 0 saturated carbocycles. The van der Waals surface area contributed by atoms with Crippen LogP contribution >= 0.6 is 11.3 Å². The van der Waals surface area contributed by atoms with E-state index in [1.165, 1.54) is 23.5 Å². The molecule has 9 heteroatoms. The van der Waals surface area contributed by atoms with E-state index in [1.807, 2.05) is 0 Å². The van der Waals surface area contributed by atoms with Crippen molar-refractivity contribution in [3.8, 4) is 10.6 Å². The second-order valence-electron chi connectivity index (χ2n) is 5.63. The van der Waals surface area contributed by atoms with Gasteiger partial charge in [-0.25, -0.2) is 9.37 Å². The number of nitrogens with zero attached hydrogens (tertiary/aromatic N) is 2. The zero-order valence-corrected chi connectivity index (χ0v) is 15.7. The standard InChI is InChI=1S/C17H16FN3O3S2/c1-10-7-15(21-24-10)20-16(22)11(2)26(23)9-14-8-25-17(19-14)12-3-5-13(18)6-4-12/h3-8,11H,9H2,1-2H3,(H,20,21,22)/t11-,26+/m1/s1. The van der Waals surface area contributed by atoms with Gasteiger partial charge in [0.05, 0.1) is 11.4 Å². The van der Waals surface area contributed by atoms with Crippen molar-refractivity contribution in [2.45, 2.75) is 24.9 Å². The third-order valence-corrected chi connectivity index (χ3v) is 6.10. The molecule has 1 aromatic carbocycles. The molecule has 26 heavy (non-hydrogen) atoms. The predicted molar refractivity (Wildman–Crippen MR) is 98.7 cm³/mol. The molecule has 136 valence electrons. The summed E-state index contributed by atoms with van der Waals surface area (Å²) in [4.78, 5) is 16.6. The maximum atomic E-state index is 13.0. The van der Waals surface area contributed by atoms with E-state index >= 15 is 0 Å². The number of benzene rings is 1. The van der Waals surface area contributed by atoms with Crippen molar-refractivity contribution >= 4 is 33.9 Å². The molecular weight excluding hydrogens is 377 g/mol. The first-order valence-corrected chi connectivity index (χ1v) is 10.0. The van der Waals surface area contributed by atoms with E-state index in [-0.39, 0.29) is 11.6 Å². The lowest BCUT2D eigenvalue weighted by Crippen LogP contribution is -2.29. The van der Waals surface area contributed by atoms with Gasteiger partial charge in [0.1, 0.15) is 21.8 Å². The van der Waals surface area contributed by atoms with Gasteiger partial charge < -0.3 is 9.84 Å². The molecule has 1 N–H and O–H groups in total. The number of thiazole rings is 1. The quantitative estimate of drug-likeness (QED) is 0.693. The van der Waals surface area contributed by atoms with Gasteiger partial charge in [0.2, 0.25) is 5.91 Å². The number of rotatable bonds is 6. The van der Waals surface area contributed by atoms with Crippen molar-refractivity contribution in [1.29, 1.82) is 0 Å². The molecule has 3 aromatic rings. The van der Waals surface area contributed by atoms with Crippen LogP contribution in [-0.2, 0) is 21.3 Å². The Kier molecular flexibility index (Phi) is 5.58. The van der Waals surface area contributed by atoms with Crippen LogP contribution in [0.25, 0.3) is 10.6 Å². The number of aromatic nitrogens is 2. The highest BCUT2D eigenvalue weighted by atomic mass is 32.2. The first kappa shape index (κ1) is 18.4. The number of anilines is 1. The molecule has 3 rings (SSSR count). The Morgan fingerprint density at radius 1 is 1.38 bits per heavy atom. The maximum Gasteiger partial charge on any atom is 0.241 e. The number of amides is 1. The maximum absolute atomic E-state index is 13.0. The van der Waals surface area contributed by atoms with Crippen LogP contribution in [0, 0.1) is 12.7 Å². The van der Waals surface area contributed by atoms with Gasteiger partial charge in [0, 0.05) is 27.8 Å². The molecule has 2 aromatic heterocycles. The SMILES string of the molecule is Cc1cc(NC(=O)[C@@H](C)[S@@](=O)Cc2csc(-c3ccc(F)cc3)n2)no1. The first-order chi connectivity index (χ1) is 12.4. The third-order valence-electron chi connectivity index (χ3n) is 3.58. The molecule has 6 nitrogen and oxygen atoms in total. The van der Waals surface area contributed by atoms with Crippen LogP contribution in [0.2, 0.25) is 0 Å². The predicted octanol–water partition coefficient (Wildman–Crippen LogP) is 3.52. The van der Waals surface area contributed by atoms with E-state index in [0.717, 1.165) is 5.56 Å². The Morgan fingerprint density at radius 2 is 2.12 bits per heavy atom. The molecule has 2 atom stereocenters. The highest BCUT2D eigenvalue weighted by Gasteiger charge is 2.22. The van der Waals surface area contributed by atoms with Crippen molar-refractivity contribution < 1.29 is 17.9 Å². The second kappa shape index (κ2) is 7.88. The summed E-state index contributed by atoms with van der Waals surface area (Å²) in [5.41, 5.74) is 1.42. The van der Waals surface area contributed by atoms with E-state index < -0.39 is 22.0 Å². The summed E-state index contributed by atoms with van der Waals surface area (Å²) in [6.07, 6.45) is 0. The molecule has 0 aliphatic rings. The van der Waals surface area contributed by atoms with Crippen molar-refractivity contribution in [2.75, 3.05) is 5.32 Å². The molecule has 0 bridgehead atoms. The summed E-state index contributed by atoms with van der Waals surface area (Å²) in [6, 6.07) is 7.61. The molecule has 0 saturated heterocycles. The average Bonchev–Trinajstić information content (AvgIpc) is 3.24. The van der Waals surface area contributed by atoms with Crippen molar-refractivity contribution in [2.24, 2.45) is 0 Å².